The quantitative estimate of drug-likeness (QED) is 0.204. The number of aromatic nitrogens is 8. The number of aryl methyl sites for hydroxylation is 1. The molecule has 232 valence electrons. The number of imidazole rings is 1. The van der Waals surface area contributed by atoms with Crippen LogP contribution in [0.4, 0.5) is 15.0 Å². The fraction of sp³-hybridized carbons (Fsp3) is 0.276. The van der Waals surface area contributed by atoms with Gasteiger partial charge in [-0.15, -0.1) is 5.10 Å². The number of nitrogens with one attached hydrogen (secondary N) is 1. The highest BCUT2D eigenvalue weighted by molar-refractivity contribution is 6.31. The lowest BCUT2D eigenvalue weighted by Crippen LogP contribution is -2.33. The van der Waals surface area contributed by atoms with Crippen LogP contribution in [0.15, 0.2) is 59.8 Å². The second-order valence-electron chi connectivity index (χ2n) is 10.1. The number of nitrogens with zero attached hydrogens (tertiary/aromatic N) is 8. The van der Waals surface area contributed by atoms with Gasteiger partial charge in [0.25, 0.3) is 5.56 Å². The second kappa shape index (κ2) is 12.9. The number of ether oxygens (including phenoxy) is 2. The number of amides is 1. The van der Waals surface area contributed by atoms with Crippen LogP contribution in [-0.2, 0) is 15.9 Å². The number of tetrazole rings is 1. The van der Waals surface area contributed by atoms with Crippen molar-refractivity contribution in [3.8, 4) is 28.2 Å². The number of fused-ring (bicyclic) bond motifs is 1. The first-order valence-electron chi connectivity index (χ1n) is 13.9. The topological polar surface area (TPSA) is 166 Å². The summed E-state index contributed by atoms with van der Waals surface area (Å²) >= 11 is 6.29. The van der Waals surface area contributed by atoms with Crippen molar-refractivity contribution in [2.24, 2.45) is 0 Å². The first-order valence-corrected chi connectivity index (χ1v) is 14.3. The Morgan fingerprint density at radius 1 is 1.18 bits per heavy atom. The summed E-state index contributed by atoms with van der Waals surface area (Å²) in [7, 11) is 1.55. The fourth-order valence-corrected chi connectivity index (χ4v) is 5.52. The maximum absolute atomic E-state index is 15.3. The fourth-order valence-electron chi connectivity index (χ4n) is 5.35. The van der Waals surface area contributed by atoms with Gasteiger partial charge in [-0.05, 0) is 65.2 Å². The van der Waals surface area contributed by atoms with E-state index >= 15 is 4.39 Å². The number of halogens is 2. The molecule has 16 heteroatoms. The summed E-state index contributed by atoms with van der Waals surface area (Å²) in [5.41, 5.74) is 2.98. The van der Waals surface area contributed by atoms with Crippen LogP contribution in [0.3, 0.4) is 0 Å². The Morgan fingerprint density at radius 3 is 2.78 bits per heavy atom. The Kier molecular flexibility index (Phi) is 8.64. The first kappa shape index (κ1) is 30.1. The van der Waals surface area contributed by atoms with Crippen LogP contribution < -0.4 is 10.5 Å². The molecule has 5 heterocycles. The molecule has 4 aromatic heterocycles. The van der Waals surface area contributed by atoms with Crippen molar-refractivity contribution in [2.45, 2.75) is 18.9 Å². The number of hydrogen-bond acceptors (Lipinski definition) is 9. The Bertz CT molecular complexity index is 1880. The predicted molar refractivity (Wildman–Crippen MR) is 160 cm³/mol. The van der Waals surface area contributed by atoms with Crippen molar-refractivity contribution in [2.75, 3.05) is 38.4 Å². The maximum atomic E-state index is 15.3. The molecule has 45 heavy (non-hydrogen) atoms. The Balaban J connectivity index is 1.24. The minimum absolute atomic E-state index is 0.0682. The van der Waals surface area contributed by atoms with Gasteiger partial charge in [0.2, 0.25) is 5.95 Å². The van der Waals surface area contributed by atoms with Gasteiger partial charge in [-0.2, -0.15) is 14.1 Å². The third kappa shape index (κ3) is 6.18. The lowest BCUT2D eigenvalue weighted by Gasteiger charge is -2.18. The van der Waals surface area contributed by atoms with Crippen molar-refractivity contribution in [3.63, 3.8) is 0 Å². The molecule has 5 aromatic rings. The highest BCUT2D eigenvalue weighted by Gasteiger charge is 2.30. The number of H-pyrrole nitrogens is 1. The van der Waals surface area contributed by atoms with Crippen LogP contribution in [0.5, 0.6) is 0 Å². The molecule has 0 saturated heterocycles. The number of hydrogen-bond donors (Lipinski definition) is 2. The normalized spacial score (nSPS) is 14.1. The summed E-state index contributed by atoms with van der Waals surface area (Å²) in [5.74, 6) is -0.350. The number of pyridine rings is 2. The molecule has 6 rings (SSSR count). The van der Waals surface area contributed by atoms with Gasteiger partial charge in [0.05, 0.1) is 43.8 Å². The van der Waals surface area contributed by atoms with Crippen LogP contribution in [-0.4, -0.2) is 84.4 Å². The molecule has 0 radical (unpaired) electrons. The zero-order valence-corrected chi connectivity index (χ0v) is 24.7. The summed E-state index contributed by atoms with van der Waals surface area (Å²) in [6.45, 7) is 0.969. The summed E-state index contributed by atoms with van der Waals surface area (Å²) < 4.78 is 28.6. The maximum Gasteiger partial charge on any atom is 0.413 e. The number of carbonyl (C=O) groups is 1. The van der Waals surface area contributed by atoms with Crippen LogP contribution in [0.25, 0.3) is 28.2 Å². The zero-order valence-electron chi connectivity index (χ0n) is 23.9. The van der Waals surface area contributed by atoms with Gasteiger partial charge < -0.3 is 24.1 Å². The summed E-state index contributed by atoms with van der Waals surface area (Å²) in [5, 5.41) is 21.5. The van der Waals surface area contributed by atoms with Gasteiger partial charge in [0, 0.05) is 41.2 Å². The molecule has 2 N–H and O–H groups in total. The van der Waals surface area contributed by atoms with Crippen molar-refractivity contribution in [1.82, 2.24) is 39.7 Å². The molecule has 0 spiro atoms. The molecule has 0 fully saturated rings. The van der Waals surface area contributed by atoms with Crippen molar-refractivity contribution in [1.29, 1.82) is 0 Å². The Labute approximate surface area is 260 Å². The van der Waals surface area contributed by atoms with E-state index in [0.717, 1.165) is 10.6 Å². The molecule has 1 aliphatic rings. The largest absolute Gasteiger partial charge is 0.465 e. The third-order valence-corrected chi connectivity index (χ3v) is 7.67. The smallest absolute Gasteiger partial charge is 0.413 e. The van der Waals surface area contributed by atoms with Gasteiger partial charge in [-0.3, -0.25) is 9.69 Å². The molecule has 0 bridgehead atoms. The third-order valence-electron chi connectivity index (χ3n) is 7.44. The van der Waals surface area contributed by atoms with E-state index in [2.05, 4.69) is 30.5 Å². The Morgan fingerprint density at radius 2 is 2.04 bits per heavy atom. The molecule has 1 aliphatic heterocycles. The minimum Gasteiger partial charge on any atom is -0.465 e. The number of rotatable bonds is 11. The van der Waals surface area contributed by atoms with Crippen molar-refractivity contribution < 1.29 is 23.8 Å². The summed E-state index contributed by atoms with van der Waals surface area (Å²) in [6.07, 6.45) is 2.68. The average molecular weight is 636 g/mol. The van der Waals surface area contributed by atoms with E-state index in [9.17, 15) is 14.7 Å². The Hall–Kier alpha value is -4.99. The first-order chi connectivity index (χ1) is 21.8. The molecule has 1 amide bonds. The SMILES string of the molecule is COCCOCCN(C(=O)O)c1ccc(-c2nc(F)c([C@@H]3CCc4cc(-c5cc(Cl)ccc5-n5cnnn5)cc(=O)n43)[nH]2)cn1. The molecule has 0 aliphatic carbocycles. The van der Waals surface area contributed by atoms with Gasteiger partial charge in [0.15, 0.2) is 0 Å². The van der Waals surface area contributed by atoms with Crippen molar-refractivity contribution >= 4 is 23.5 Å². The van der Waals surface area contributed by atoms with E-state index in [1.54, 1.807) is 35.9 Å². The predicted octanol–water partition coefficient (Wildman–Crippen LogP) is 3.75. The summed E-state index contributed by atoms with van der Waals surface area (Å²) in [4.78, 5) is 37.7. The second-order valence-corrected chi connectivity index (χ2v) is 10.6. The molecular formula is C29H27ClFN9O5. The molecule has 14 nitrogen and oxygen atoms in total. The lowest BCUT2D eigenvalue weighted by atomic mass is 10.0. The number of aromatic amines is 1. The van der Waals surface area contributed by atoms with Crippen LogP contribution in [0.1, 0.15) is 23.9 Å². The van der Waals surface area contributed by atoms with Crippen LogP contribution in [0, 0.1) is 5.95 Å². The number of anilines is 1. The highest BCUT2D eigenvalue weighted by atomic mass is 35.5. The zero-order chi connectivity index (χ0) is 31.5. The van der Waals surface area contributed by atoms with E-state index in [4.69, 9.17) is 21.1 Å². The average Bonchev–Trinajstić information content (AvgIpc) is 3.79. The molecule has 1 atom stereocenters. The van der Waals surface area contributed by atoms with E-state index in [1.807, 2.05) is 6.07 Å². The van der Waals surface area contributed by atoms with E-state index in [1.165, 1.54) is 29.3 Å². The van der Waals surface area contributed by atoms with Crippen molar-refractivity contribution in [3.05, 3.63) is 87.7 Å². The summed E-state index contributed by atoms with van der Waals surface area (Å²) in [6, 6.07) is 11.1. The molecule has 1 aromatic carbocycles. The van der Waals surface area contributed by atoms with E-state index in [-0.39, 0.29) is 36.0 Å². The van der Waals surface area contributed by atoms with Gasteiger partial charge in [-0.1, -0.05) is 11.6 Å². The van der Waals surface area contributed by atoms with Crippen LogP contribution >= 0.6 is 11.6 Å². The lowest BCUT2D eigenvalue weighted by molar-refractivity contribution is 0.0738. The van der Waals surface area contributed by atoms with E-state index in [0.29, 0.717) is 53.5 Å². The van der Waals surface area contributed by atoms with Gasteiger partial charge >= 0.3 is 6.09 Å². The minimum atomic E-state index is -1.19. The van der Waals surface area contributed by atoms with Gasteiger partial charge in [0.1, 0.15) is 18.0 Å². The molecule has 0 unspecified atom stereocenters. The number of benzene rings is 1. The number of methoxy groups -OCH3 is 1. The molecule has 0 saturated carbocycles. The van der Waals surface area contributed by atoms with E-state index < -0.39 is 18.1 Å². The molecular weight excluding hydrogens is 609 g/mol. The van der Waals surface area contributed by atoms with Gasteiger partial charge in [-0.25, -0.2) is 9.78 Å². The monoisotopic (exact) mass is 635 g/mol. The highest BCUT2D eigenvalue weighted by Crippen LogP contribution is 2.35. The standard InChI is InChI=1S/C29H27ClFN9O5/c1-44-10-11-45-9-8-38(29(42)43)24-7-2-17(15-32-24)28-34-26(27(31)35-28)23-6-4-20-12-18(13-25(41)40(20)23)21-14-19(30)3-5-22(21)39-16-33-36-37-39/h2-3,5,7,12-16,23H,4,6,8-11H2,1H3,(H,34,35)(H,42,43)/t23-/m0/s1. The number of carboxylic acid groups (broad SMARTS) is 1. The van der Waals surface area contributed by atoms with Crippen LogP contribution in [0.2, 0.25) is 5.02 Å².